The van der Waals surface area contributed by atoms with Gasteiger partial charge in [-0.1, -0.05) is 157 Å². The van der Waals surface area contributed by atoms with E-state index in [9.17, 15) is 14.4 Å². The van der Waals surface area contributed by atoms with E-state index >= 15 is 0 Å². The van der Waals surface area contributed by atoms with E-state index in [1.54, 1.807) is 4.90 Å². The first kappa shape index (κ1) is 39.3. The molecule has 6 nitrogen and oxygen atoms in total. The van der Waals surface area contributed by atoms with Crippen molar-refractivity contribution < 1.29 is 19.1 Å². The fourth-order valence-electron chi connectivity index (χ4n) is 11.0. The molecule has 3 aliphatic rings. The summed E-state index contributed by atoms with van der Waals surface area (Å²) in [6, 6.07) is 37.8. The standard InChI is InChI=1S/C55H54N2O4/c1-5-9-11-19-34(7-3)56-52(58)44-27-17-25-40-42(29-31-45(50(40)44)53(56)59)48-36-21-13-15-23-38(36)49(39-24-16-14-22-37(39)48)43-30-32-46-51-41(43)26-18-28-47(51)55(33-61-55)57(54(46)60)35(8-4)20-12-10-6-2/h13-18,21-32,34-35H,5-12,19-20,33H2,1-4H3. The van der Waals surface area contributed by atoms with Crippen molar-refractivity contribution in [2.24, 2.45) is 0 Å². The number of ether oxygens (including phenoxy) is 1. The molecular formula is C55H54N2O4. The number of carbonyl (C=O) groups is 3. The van der Waals surface area contributed by atoms with E-state index in [4.69, 9.17) is 4.74 Å². The Morgan fingerprint density at radius 1 is 0.492 bits per heavy atom. The summed E-state index contributed by atoms with van der Waals surface area (Å²) in [5.41, 5.74) is 6.52. The summed E-state index contributed by atoms with van der Waals surface area (Å²) in [5.74, 6) is -0.331. The number of benzene rings is 7. The highest BCUT2D eigenvalue weighted by Crippen LogP contribution is 2.54. The first-order valence-corrected chi connectivity index (χ1v) is 22.8. The normalized spacial score (nSPS) is 18.0. The van der Waals surface area contributed by atoms with Crippen LogP contribution in [0.2, 0.25) is 0 Å². The summed E-state index contributed by atoms with van der Waals surface area (Å²) in [5, 5.41) is 8.02. The number of epoxide rings is 1. The topological polar surface area (TPSA) is 70.2 Å². The van der Waals surface area contributed by atoms with Gasteiger partial charge in [-0.3, -0.25) is 19.3 Å². The van der Waals surface area contributed by atoms with Gasteiger partial charge in [0.25, 0.3) is 17.7 Å². The lowest BCUT2D eigenvalue weighted by atomic mass is 9.80. The SMILES string of the molecule is CCCCCC(CC)N1C(=O)c2cccc3c(-c4c5ccccc5c(-c5ccc6c7c(cccc57)C5(CO5)N(C(CC)CCCCC)C6=O)c5ccccc45)ccc(c23)C1=O. The molecule has 1 saturated heterocycles. The Hall–Kier alpha value is -5.85. The smallest absolute Gasteiger partial charge is 0.261 e. The lowest BCUT2D eigenvalue weighted by Crippen LogP contribution is -2.50. The summed E-state index contributed by atoms with van der Waals surface area (Å²) in [6.45, 7) is 9.17. The Balaban J connectivity index is 1.16. The van der Waals surface area contributed by atoms with Crippen LogP contribution in [0.5, 0.6) is 0 Å². The molecule has 0 aromatic heterocycles. The third-order valence-electron chi connectivity index (χ3n) is 14.1. The van der Waals surface area contributed by atoms with Gasteiger partial charge < -0.3 is 9.64 Å². The Morgan fingerprint density at radius 3 is 1.44 bits per heavy atom. The van der Waals surface area contributed by atoms with Gasteiger partial charge >= 0.3 is 0 Å². The quantitative estimate of drug-likeness (QED) is 0.0475. The molecule has 0 aliphatic carbocycles. The van der Waals surface area contributed by atoms with E-state index < -0.39 is 5.72 Å². The Bertz CT molecular complexity index is 2850. The number of imide groups is 1. The predicted octanol–water partition coefficient (Wildman–Crippen LogP) is 13.6. The van der Waals surface area contributed by atoms with E-state index in [0.717, 1.165) is 141 Å². The number of hydrogen-bond acceptors (Lipinski definition) is 4. The molecule has 3 amide bonds. The van der Waals surface area contributed by atoms with Crippen LogP contribution in [0.3, 0.4) is 0 Å². The van der Waals surface area contributed by atoms with Gasteiger partial charge in [0.15, 0.2) is 5.72 Å². The first-order chi connectivity index (χ1) is 29.9. The van der Waals surface area contributed by atoms with Crippen LogP contribution in [0.25, 0.3) is 65.3 Å². The van der Waals surface area contributed by atoms with Gasteiger partial charge in [0.2, 0.25) is 0 Å². The lowest BCUT2D eigenvalue weighted by molar-refractivity contribution is 0.0204. The molecule has 0 bridgehead atoms. The van der Waals surface area contributed by atoms with Crippen LogP contribution in [-0.4, -0.2) is 46.2 Å². The highest BCUT2D eigenvalue weighted by Gasteiger charge is 2.59. The molecule has 10 rings (SSSR count). The van der Waals surface area contributed by atoms with Crippen molar-refractivity contribution in [3.63, 3.8) is 0 Å². The van der Waals surface area contributed by atoms with Gasteiger partial charge in [0.05, 0.1) is 0 Å². The predicted molar refractivity (Wildman–Crippen MR) is 248 cm³/mol. The minimum absolute atomic E-state index is 0.0609. The van der Waals surface area contributed by atoms with Crippen LogP contribution in [0, 0.1) is 0 Å². The second kappa shape index (κ2) is 15.6. The summed E-state index contributed by atoms with van der Waals surface area (Å²) in [7, 11) is 0. The van der Waals surface area contributed by atoms with Crippen molar-refractivity contribution in [2.45, 2.75) is 110 Å². The van der Waals surface area contributed by atoms with Crippen LogP contribution in [0.15, 0.2) is 109 Å². The number of rotatable bonds is 14. The molecule has 3 atom stereocenters. The van der Waals surface area contributed by atoms with Crippen molar-refractivity contribution >= 4 is 60.8 Å². The monoisotopic (exact) mass is 806 g/mol. The third kappa shape index (κ3) is 5.96. The zero-order valence-corrected chi connectivity index (χ0v) is 35.9. The summed E-state index contributed by atoms with van der Waals surface area (Å²) in [6.07, 6.45) is 9.96. The molecule has 1 spiro atoms. The molecule has 0 saturated carbocycles. The average molecular weight is 807 g/mol. The van der Waals surface area contributed by atoms with Gasteiger partial charge in [-0.25, -0.2) is 0 Å². The largest absolute Gasteiger partial charge is 0.343 e. The van der Waals surface area contributed by atoms with Crippen LogP contribution >= 0.6 is 0 Å². The summed E-state index contributed by atoms with van der Waals surface area (Å²) in [4.78, 5) is 47.1. The molecule has 3 heterocycles. The lowest BCUT2D eigenvalue weighted by Gasteiger charge is -2.40. The maximum atomic E-state index is 14.7. The van der Waals surface area contributed by atoms with E-state index in [2.05, 4.69) is 124 Å². The first-order valence-electron chi connectivity index (χ1n) is 22.8. The van der Waals surface area contributed by atoms with Crippen LogP contribution in [0.1, 0.15) is 129 Å². The van der Waals surface area contributed by atoms with Gasteiger partial charge in [0, 0.05) is 45.1 Å². The Kier molecular flexibility index (Phi) is 10.0. The molecule has 0 radical (unpaired) electrons. The average Bonchev–Trinajstić information content (AvgIpc) is 4.09. The zero-order valence-electron chi connectivity index (χ0n) is 35.9. The Labute approximate surface area is 358 Å². The van der Waals surface area contributed by atoms with Crippen molar-refractivity contribution in [3.05, 3.63) is 131 Å². The minimum Gasteiger partial charge on any atom is -0.343 e. The number of carbonyl (C=O) groups excluding carboxylic acids is 3. The Morgan fingerprint density at radius 2 is 0.934 bits per heavy atom. The fraction of sp³-hybridized carbons (Fsp3) is 0.327. The molecule has 6 heteroatoms. The maximum absolute atomic E-state index is 14.7. The highest BCUT2D eigenvalue weighted by atomic mass is 16.6. The minimum atomic E-state index is -0.732. The van der Waals surface area contributed by atoms with E-state index in [1.807, 2.05) is 18.2 Å². The summed E-state index contributed by atoms with van der Waals surface area (Å²) >= 11 is 0. The third-order valence-corrected chi connectivity index (χ3v) is 14.1. The molecule has 3 aliphatic heterocycles. The van der Waals surface area contributed by atoms with Crippen LogP contribution in [0.4, 0.5) is 0 Å². The molecule has 1 fully saturated rings. The highest BCUT2D eigenvalue weighted by molar-refractivity contribution is 6.30. The van der Waals surface area contributed by atoms with Crippen molar-refractivity contribution in [2.75, 3.05) is 6.61 Å². The van der Waals surface area contributed by atoms with Gasteiger partial charge in [-0.15, -0.1) is 0 Å². The number of unbranched alkanes of at least 4 members (excludes halogenated alkanes) is 4. The summed E-state index contributed by atoms with van der Waals surface area (Å²) < 4.78 is 6.39. The van der Waals surface area contributed by atoms with Crippen molar-refractivity contribution in [3.8, 4) is 22.3 Å². The maximum Gasteiger partial charge on any atom is 0.261 e. The number of amides is 3. The fourth-order valence-corrected chi connectivity index (χ4v) is 11.0. The van der Waals surface area contributed by atoms with Crippen LogP contribution in [-0.2, 0) is 10.5 Å². The number of hydrogen-bond donors (Lipinski definition) is 0. The van der Waals surface area contributed by atoms with Gasteiger partial charge in [-0.05, 0) is 98.5 Å². The molecule has 7 aromatic rings. The van der Waals surface area contributed by atoms with Crippen LogP contribution < -0.4 is 0 Å². The number of nitrogens with zero attached hydrogens (tertiary/aromatic N) is 2. The molecule has 7 aromatic carbocycles. The second-order valence-electron chi connectivity index (χ2n) is 17.5. The van der Waals surface area contributed by atoms with Gasteiger partial charge in [0.1, 0.15) is 6.61 Å². The van der Waals surface area contributed by atoms with Gasteiger partial charge in [-0.2, -0.15) is 0 Å². The van der Waals surface area contributed by atoms with Crippen molar-refractivity contribution in [1.82, 2.24) is 9.80 Å². The van der Waals surface area contributed by atoms with E-state index in [-0.39, 0.29) is 29.8 Å². The zero-order chi connectivity index (χ0) is 42.0. The molecular weight excluding hydrogens is 753 g/mol. The van der Waals surface area contributed by atoms with E-state index in [0.29, 0.717) is 17.7 Å². The molecule has 3 unspecified atom stereocenters. The second-order valence-corrected chi connectivity index (χ2v) is 17.5. The molecule has 308 valence electrons. The number of fused-ring (bicyclic) bond motifs is 3. The van der Waals surface area contributed by atoms with E-state index in [1.165, 1.54) is 0 Å². The molecule has 0 N–H and O–H groups in total. The van der Waals surface area contributed by atoms with Crippen molar-refractivity contribution in [1.29, 1.82) is 0 Å². The molecule has 61 heavy (non-hydrogen) atoms.